The van der Waals surface area contributed by atoms with Crippen LogP contribution in [-0.4, -0.2) is 35.6 Å². The molecule has 0 amide bonds. The second-order valence-electron chi connectivity index (χ2n) is 6.65. The Morgan fingerprint density at radius 1 is 1.12 bits per heavy atom. The first kappa shape index (κ1) is 15.9. The first-order valence-corrected chi connectivity index (χ1v) is 8.83. The number of benzene rings is 1. The lowest BCUT2D eigenvalue weighted by molar-refractivity contribution is 0.264. The van der Waals surface area contributed by atoms with Crippen LogP contribution < -0.4 is 5.32 Å². The summed E-state index contributed by atoms with van der Waals surface area (Å²) < 4.78 is 8.26. The molecule has 1 aliphatic heterocycles. The monoisotopic (exact) mass is 333 g/mol. The van der Waals surface area contributed by atoms with Crippen molar-refractivity contribution < 1.29 is 4.42 Å². The molecule has 1 N–H and O–H groups in total. The second-order valence-corrected chi connectivity index (χ2v) is 6.65. The van der Waals surface area contributed by atoms with Gasteiger partial charge in [0.2, 0.25) is 5.76 Å². The van der Waals surface area contributed by atoms with Crippen molar-refractivity contribution in [1.29, 1.82) is 0 Å². The van der Waals surface area contributed by atoms with Crippen LogP contribution in [0, 0.1) is 11.8 Å². The van der Waals surface area contributed by atoms with E-state index in [2.05, 4.69) is 51.9 Å². The van der Waals surface area contributed by atoms with Gasteiger partial charge in [-0.25, -0.2) is 0 Å². The molecule has 1 aromatic carbocycles. The Morgan fingerprint density at radius 3 is 2.60 bits per heavy atom. The number of nitrogens with zero attached hydrogens (tertiary/aromatic N) is 2. The van der Waals surface area contributed by atoms with Crippen LogP contribution in [0.3, 0.4) is 0 Å². The Hall–Kier alpha value is -2.64. The van der Waals surface area contributed by atoms with Crippen LogP contribution in [0.1, 0.15) is 25.5 Å². The van der Waals surface area contributed by atoms with E-state index in [4.69, 9.17) is 4.42 Å². The topological polar surface area (TPSA) is 33.3 Å². The number of hydrogen-bond donors (Lipinski definition) is 1. The molecular weight excluding hydrogens is 310 g/mol. The van der Waals surface area contributed by atoms with Crippen molar-refractivity contribution in [2.24, 2.45) is 0 Å². The molecule has 0 spiro atoms. The number of anilines is 1. The summed E-state index contributed by atoms with van der Waals surface area (Å²) in [5, 5.41) is 4.78. The minimum atomic E-state index is 0.489. The predicted molar refractivity (Wildman–Crippen MR) is 102 cm³/mol. The summed E-state index contributed by atoms with van der Waals surface area (Å²) in [7, 11) is 2.18. The molecule has 2 aromatic heterocycles. The summed E-state index contributed by atoms with van der Waals surface area (Å²) in [4.78, 5) is 2.38. The summed E-state index contributed by atoms with van der Waals surface area (Å²) in [6.45, 7) is 4.10. The van der Waals surface area contributed by atoms with E-state index in [0.29, 0.717) is 11.8 Å². The molecule has 1 aliphatic rings. The first-order chi connectivity index (χ1) is 12.3. The van der Waals surface area contributed by atoms with E-state index in [0.717, 1.165) is 48.3 Å². The van der Waals surface area contributed by atoms with Gasteiger partial charge in [0, 0.05) is 23.8 Å². The number of furan rings is 1. The molecular formula is C21H23N3O. The molecule has 3 heterocycles. The summed E-state index contributed by atoms with van der Waals surface area (Å²) >= 11 is 0. The van der Waals surface area contributed by atoms with Crippen molar-refractivity contribution in [3.63, 3.8) is 0 Å². The zero-order chi connectivity index (χ0) is 17.2. The smallest absolute Gasteiger partial charge is 0.202 e. The maximum absolute atomic E-state index is 6.19. The summed E-state index contributed by atoms with van der Waals surface area (Å²) in [5.41, 5.74) is 2.97. The first-order valence-electron chi connectivity index (χ1n) is 8.83. The van der Waals surface area contributed by atoms with Crippen LogP contribution in [0.15, 0.2) is 47.1 Å². The number of nitrogens with one attached hydrogen (secondary N) is 1. The molecule has 0 bridgehead atoms. The maximum atomic E-state index is 6.19. The highest BCUT2D eigenvalue weighted by Crippen LogP contribution is 2.34. The van der Waals surface area contributed by atoms with Crippen LogP contribution in [0.5, 0.6) is 0 Å². The Bertz CT molecular complexity index is 919. The van der Waals surface area contributed by atoms with Gasteiger partial charge in [0.15, 0.2) is 5.58 Å². The summed E-state index contributed by atoms with van der Waals surface area (Å²) in [6.07, 6.45) is 6.36. The van der Waals surface area contributed by atoms with Crippen molar-refractivity contribution in [3.8, 4) is 17.5 Å². The predicted octanol–water partition coefficient (Wildman–Crippen LogP) is 4.10. The lowest BCUT2D eigenvalue weighted by atomic mass is 10.0. The molecule has 0 aliphatic carbocycles. The van der Waals surface area contributed by atoms with Gasteiger partial charge in [-0.1, -0.05) is 12.0 Å². The van der Waals surface area contributed by atoms with E-state index in [1.807, 2.05) is 31.5 Å². The molecule has 0 unspecified atom stereocenters. The average molecular weight is 333 g/mol. The zero-order valence-corrected chi connectivity index (χ0v) is 14.7. The van der Waals surface area contributed by atoms with Crippen LogP contribution in [-0.2, 0) is 0 Å². The van der Waals surface area contributed by atoms with Crippen molar-refractivity contribution in [3.05, 3.63) is 48.5 Å². The molecule has 4 heteroatoms. The molecule has 25 heavy (non-hydrogen) atoms. The van der Waals surface area contributed by atoms with E-state index in [1.54, 1.807) is 0 Å². The van der Waals surface area contributed by atoms with E-state index >= 15 is 0 Å². The van der Waals surface area contributed by atoms with Crippen LogP contribution in [0.25, 0.3) is 16.7 Å². The largest absolute Gasteiger partial charge is 0.443 e. The molecule has 1 fully saturated rings. The van der Waals surface area contributed by atoms with Crippen molar-refractivity contribution >= 4 is 16.7 Å². The van der Waals surface area contributed by atoms with Gasteiger partial charge in [0.1, 0.15) is 5.69 Å². The van der Waals surface area contributed by atoms with E-state index in [9.17, 15) is 0 Å². The third-order valence-electron chi connectivity index (χ3n) is 4.87. The fourth-order valence-electron chi connectivity index (χ4n) is 3.53. The molecule has 128 valence electrons. The van der Waals surface area contributed by atoms with Crippen molar-refractivity contribution in [2.45, 2.75) is 25.8 Å². The van der Waals surface area contributed by atoms with Gasteiger partial charge in [-0.15, -0.1) is 0 Å². The van der Waals surface area contributed by atoms with Crippen LogP contribution >= 0.6 is 0 Å². The third-order valence-corrected chi connectivity index (χ3v) is 4.87. The van der Waals surface area contributed by atoms with Crippen molar-refractivity contribution in [2.75, 3.05) is 25.5 Å². The molecule has 0 saturated carbocycles. The molecule has 4 rings (SSSR count). The molecule has 0 radical (unpaired) electrons. The molecule has 4 nitrogen and oxygen atoms in total. The van der Waals surface area contributed by atoms with Gasteiger partial charge in [-0.2, -0.15) is 0 Å². The van der Waals surface area contributed by atoms with E-state index in [1.165, 1.54) is 0 Å². The number of fused-ring (bicyclic) bond motifs is 1. The van der Waals surface area contributed by atoms with Crippen LogP contribution in [0.2, 0.25) is 0 Å². The third kappa shape index (κ3) is 3.04. The SMILES string of the molecule is CC#Cc1oc2c(NC3CCN(C)CC3)cccc2c1-n1cccc1. The lowest BCUT2D eigenvalue weighted by Gasteiger charge is -2.30. The highest BCUT2D eigenvalue weighted by atomic mass is 16.3. The van der Waals surface area contributed by atoms with Crippen LogP contribution in [0.4, 0.5) is 5.69 Å². The number of aromatic nitrogens is 1. The minimum absolute atomic E-state index is 0.489. The summed E-state index contributed by atoms with van der Waals surface area (Å²) in [5.74, 6) is 6.80. The highest BCUT2D eigenvalue weighted by molar-refractivity contribution is 5.97. The van der Waals surface area contributed by atoms with E-state index in [-0.39, 0.29) is 0 Å². The van der Waals surface area contributed by atoms with Gasteiger partial charge in [0.25, 0.3) is 0 Å². The Labute approximate surface area is 148 Å². The standard InChI is InChI=1S/C21H23N3O/c1-3-7-19-20(24-12-4-5-13-24)17-8-6-9-18(21(17)25-19)22-16-10-14-23(2)15-11-16/h4-6,8-9,12-13,16,22H,10-11,14-15H2,1-2H3. The minimum Gasteiger partial charge on any atom is -0.443 e. The Kier molecular flexibility index (Phi) is 4.25. The van der Waals surface area contributed by atoms with E-state index < -0.39 is 0 Å². The fraction of sp³-hybridized carbons (Fsp3) is 0.333. The van der Waals surface area contributed by atoms with Gasteiger partial charge < -0.3 is 19.2 Å². The van der Waals surface area contributed by atoms with Gasteiger partial charge in [0.05, 0.1) is 5.69 Å². The number of piperidine rings is 1. The number of para-hydroxylation sites is 1. The summed E-state index contributed by atoms with van der Waals surface area (Å²) in [6, 6.07) is 10.8. The molecule has 0 atom stereocenters. The van der Waals surface area contributed by atoms with Gasteiger partial charge >= 0.3 is 0 Å². The van der Waals surface area contributed by atoms with Gasteiger partial charge in [-0.05, 0) is 70.1 Å². The molecule has 1 saturated heterocycles. The number of likely N-dealkylation sites (tertiary alicyclic amines) is 1. The normalized spacial score (nSPS) is 15.9. The second kappa shape index (κ2) is 6.70. The number of hydrogen-bond acceptors (Lipinski definition) is 3. The zero-order valence-electron chi connectivity index (χ0n) is 14.7. The van der Waals surface area contributed by atoms with Crippen molar-refractivity contribution in [1.82, 2.24) is 9.47 Å². The van der Waals surface area contributed by atoms with Gasteiger partial charge in [-0.3, -0.25) is 0 Å². The Morgan fingerprint density at radius 2 is 1.88 bits per heavy atom. The lowest BCUT2D eigenvalue weighted by Crippen LogP contribution is -2.36. The fourth-order valence-corrected chi connectivity index (χ4v) is 3.53. The quantitative estimate of drug-likeness (QED) is 0.733. The highest BCUT2D eigenvalue weighted by Gasteiger charge is 2.20. The average Bonchev–Trinajstić information content (AvgIpc) is 3.25. The molecule has 3 aromatic rings. The maximum Gasteiger partial charge on any atom is 0.202 e. The number of rotatable bonds is 3. The Balaban J connectivity index is 1.76.